The number of amides is 2. The summed E-state index contributed by atoms with van der Waals surface area (Å²) in [6.45, 7) is 10.2. The van der Waals surface area contributed by atoms with E-state index in [1.807, 2.05) is 136 Å². The SMILES string of the molecule is C.Cc1ccc(-n2nc(-c3cc(Cl)cc(Cl)c3)cc2Nc2ccc(C(=O)NCCCC(=O)O)cc2)cc1.Cc1ccc(-n2nc(-c3cc(Cl)cc(Cl)c3)cc2Nc2ccc(C(=O)NCCCC(=O)OC(C)(C)C)cc2)cc1. The Morgan fingerprint density at radius 1 is 0.532 bits per heavy atom. The lowest BCUT2D eigenvalue weighted by Crippen LogP contribution is -2.27. The minimum atomic E-state index is -0.883. The third-order valence-corrected chi connectivity index (χ3v) is 12.1. The average Bonchev–Trinajstić information content (AvgIpc) is 4.00. The van der Waals surface area contributed by atoms with E-state index < -0.39 is 11.6 Å². The number of rotatable bonds is 18. The lowest BCUT2D eigenvalue weighted by atomic mass is 10.1. The molecule has 0 atom stereocenters. The summed E-state index contributed by atoms with van der Waals surface area (Å²) in [5, 5.41) is 32.8. The van der Waals surface area contributed by atoms with Gasteiger partial charge in [0.15, 0.2) is 0 Å². The second-order valence-corrected chi connectivity index (χ2v) is 20.5. The molecule has 0 saturated heterocycles. The highest BCUT2D eigenvalue weighted by Gasteiger charge is 2.18. The molecule has 18 heteroatoms. The number of hydrogen-bond donors (Lipinski definition) is 5. The number of benzene rings is 6. The maximum absolute atomic E-state index is 12.6. The third-order valence-electron chi connectivity index (χ3n) is 11.2. The van der Waals surface area contributed by atoms with Gasteiger partial charge in [0, 0.05) is 91.8 Å². The van der Waals surface area contributed by atoms with Gasteiger partial charge in [0.25, 0.3) is 11.8 Å². The van der Waals surface area contributed by atoms with Gasteiger partial charge >= 0.3 is 11.9 Å². The maximum Gasteiger partial charge on any atom is 0.306 e. The van der Waals surface area contributed by atoms with Crippen LogP contribution >= 0.6 is 46.4 Å². The van der Waals surface area contributed by atoms with E-state index >= 15 is 0 Å². The standard InChI is InChI=1S/C31H32Cl2N4O3.C27H24Cl2N4O3.CH4/c1-20-7-13-26(14-8-20)37-28(19-27(36-37)22-16-23(32)18-24(33)17-22)35-25-11-9-21(10-12-25)30(39)34-15-5-6-29(38)40-31(2,3)4;1-17-4-10-23(11-5-17)33-25(16-24(32-33)19-13-20(28)15-21(29)14-19)31-22-8-6-18(7-9-22)27(36)30-12-2-3-26(34)35;/h7-14,16-19,35H,5-6,15H2,1-4H3,(H,34,39);4-11,13-16,31H,2-3,12H2,1H3,(H,30,36)(H,34,35);1H4. The van der Waals surface area contributed by atoms with Crippen molar-refractivity contribution in [1.82, 2.24) is 30.2 Å². The molecule has 0 fully saturated rings. The molecule has 6 aromatic carbocycles. The third kappa shape index (κ3) is 17.5. The first-order chi connectivity index (χ1) is 36.2. The van der Waals surface area contributed by atoms with Crippen LogP contribution in [0.5, 0.6) is 0 Å². The Morgan fingerprint density at radius 3 is 1.25 bits per heavy atom. The quantitative estimate of drug-likeness (QED) is 0.0410. The minimum absolute atomic E-state index is 0. The van der Waals surface area contributed by atoms with Crippen LogP contribution in [0.1, 0.15) is 85.7 Å². The van der Waals surface area contributed by atoms with Crippen LogP contribution in [0.25, 0.3) is 33.9 Å². The molecule has 5 N–H and O–H groups in total. The van der Waals surface area contributed by atoms with E-state index in [0.717, 1.165) is 56.6 Å². The molecule has 0 spiro atoms. The van der Waals surface area contributed by atoms with Crippen molar-refractivity contribution in [3.05, 3.63) is 188 Å². The zero-order valence-corrected chi connectivity index (χ0v) is 45.4. The Hall–Kier alpha value is -7.62. The summed E-state index contributed by atoms with van der Waals surface area (Å²) in [5.41, 5.74) is 9.06. The Labute approximate surface area is 468 Å². The van der Waals surface area contributed by atoms with Crippen LogP contribution in [0.4, 0.5) is 23.0 Å². The van der Waals surface area contributed by atoms with Crippen molar-refractivity contribution >= 4 is 93.2 Å². The smallest absolute Gasteiger partial charge is 0.306 e. The van der Waals surface area contributed by atoms with Gasteiger partial charge < -0.3 is 31.1 Å². The molecular weight excluding hydrogens is 1060 g/mol. The fourth-order valence-corrected chi connectivity index (χ4v) is 8.62. The van der Waals surface area contributed by atoms with Gasteiger partial charge in [-0.25, -0.2) is 9.36 Å². The van der Waals surface area contributed by atoms with Crippen molar-refractivity contribution in [3.8, 4) is 33.9 Å². The number of nitrogens with one attached hydrogen (secondary N) is 4. The van der Waals surface area contributed by atoms with Crippen molar-refractivity contribution < 1.29 is 29.0 Å². The molecule has 2 aromatic heterocycles. The van der Waals surface area contributed by atoms with Gasteiger partial charge in [-0.05, 0) is 157 Å². The Kier molecular flexibility index (Phi) is 20.5. The number of hydrogen-bond acceptors (Lipinski definition) is 9. The van der Waals surface area contributed by atoms with Crippen LogP contribution in [0.2, 0.25) is 20.1 Å². The molecule has 400 valence electrons. The number of carbonyl (C=O) groups excluding carboxylic acids is 3. The number of ether oxygens (including phenoxy) is 1. The van der Waals surface area contributed by atoms with E-state index in [1.54, 1.807) is 53.2 Å². The van der Waals surface area contributed by atoms with Crippen LogP contribution in [-0.4, -0.2) is 67.1 Å². The molecule has 77 heavy (non-hydrogen) atoms. The largest absolute Gasteiger partial charge is 0.481 e. The van der Waals surface area contributed by atoms with Gasteiger partial charge in [0.05, 0.1) is 22.8 Å². The first kappa shape index (κ1) is 58.6. The predicted octanol–water partition coefficient (Wildman–Crippen LogP) is 14.9. The van der Waals surface area contributed by atoms with Gasteiger partial charge in [-0.2, -0.15) is 10.2 Å². The molecule has 8 aromatic rings. The molecule has 0 saturated carbocycles. The molecular formula is C59H60Cl4N8O6. The average molecular weight is 1120 g/mol. The van der Waals surface area contributed by atoms with E-state index in [2.05, 4.69) is 21.3 Å². The number of halogens is 4. The summed E-state index contributed by atoms with van der Waals surface area (Å²) in [6.07, 6.45) is 1.15. The molecule has 14 nitrogen and oxygen atoms in total. The van der Waals surface area contributed by atoms with Crippen LogP contribution in [0.3, 0.4) is 0 Å². The molecule has 0 aliphatic rings. The van der Waals surface area contributed by atoms with Crippen LogP contribution in [0.15, 0.2) is 146 Å². The van der Waals surface area contributed by atoms with Crippen LogP contribution in [-0.2, 0) is 14.3 Å². The number of anilines is 4. The number of carboxylic acids is 1. The van der Waals surface area contributed by atoms with Crippen molar-refractivity contribution in [2.75, 3.05) is 23.7 Å². The highest BCUT2D eigenvalue weighted by Crippen LogP contribution is 2.33. The fourth-order valence-electron chi connectivity index (χ4n) is 7.57. The number of aliphatic carboxylic acids is 1. The minimum Gasteiger partial charge on any atom is -0.481 e. The molecule has 0 radical (unpaired) electrons. The van der Waals surface area contributed by atoms with E-state index in [-0.39, 0.29) is 38.1 Å². The van der Waals surface area contributed by atoms with E-state index in [0.29, 0.717) is 68.5 Å². The number of aromatic nitrogens is 4. The predicted molar refractivity (Wildman–Crippen MR) is 310 cm³/mol. The number of esters is 1. The fraction of sp³-hybridized carbons (Fsp3) is 0.220. The molecule has 8 rings (SSSR count). The summed E-state index contributed by atoms with van der Waals surface area (Å²) >= 11 is 24.9. The zero-order valence-electron chi connectivity index (χ0n) is 42.4. The van der Waals surface area contributed by atoms with Gasteiger partial charge in [-0.3, -0.25) is 19.2 Å². The zero-order chi connectivity index (χ0) is 54.5. The van der Waals surface area contributed by atoms with Crippen LogP contribution in [0, 0.1) is 13.8 Å². The summed E-state index contributed by atoms with van der Waals surface area (Å²) in [7, 11) is 0. The second kappa shape index (κ2) is 26.9. The van der Waals surface area contributed by atoms with E-state index in [1.165, 1.54) is 0 Å². The maximum atomic E-state index is 12.6. The van der Waals surface area contributed by atoms with E-state index in [9.17, 15) is 19.2 Å². The van der Waals surface area contributed by atoms with Crippen molar-refractivity contribution in [3.63, 3.8) is 0 Å². The number of nitrogens with zero attached hydrogens (tertiary/aromatic N) is 4. The monoisotopic (exact) mass is 1120 g/mol. The van der Waals surface area contributed by atoms with Crippen molar-refractivity contribution in [1.29, 1.82) is 0 Å². The summed E-state index contributed by atoms with van der Waals surface area (Å²) < 4.78 is 8.91. The molecule has 0 aliphatic carbocycles. The number of carboxylic acid groups (broad SMARTS) is 1. The van der Waals surface area contributed by atoms with Gasteiger partial charge in [-0.1, -0.05) is 89.2 Å². The topological polar surface area (TPSA) is 182 Å². The van der Waals surface area contributed by atoms with Crippen molar-refractivity contribution in [2.45, 2.75) is 73.3 Å². The number of aryl methyl sites for hydroxylation is 2. The lowest BCUT2D eigenvalue weighted by Gasteiger charge is -2.19. The Balaban J connectivity index is 0.000000248. The highest BCUT2D eigenvalue weighted by atomic mass is 35.5. The molecule has 0 bridgehead atoms. The number of carbonyl (C=O) groups is 4. The lowest BCUT2D eigenvalue weighted by molar-refractivity contribution is -0.154. The molecule has 0 unspecified atom stereocenters. The van der Waals surface area contributed by atoms with E-state index in [4.69, 9.17) is 66.4 Å². The summed E-state index contributed by atoms with van der Waals surface area (Å²) in [5.74, 6) is -0.169. The second-order valence-electron chi connectivity index (χ2n) is 18.7. The Morgan fingerprint density at radius 2 is 0.896 bits per heavy atom. The van der Waals surface area contributed by atoms with Gasteiger partial charge in [0.1, 0.15) is 17.2 Å². The summed E-state index contributed by atoms with van der Waals surface area (Å²) in [4.78, 5) is 47.4. The van der Waals surface area contributed by atoms with Gasteiger partial charge in [0.2, 0.25) is 0 Å². The Bertz CT molecular complexity index is 3280. The normalized spacial score (nSPS) is 10.9. The first-order valence-corrected chi connectivity index (χ1v) is 25.8. The highest BCUT2D eigenvalue weighted by molar-refractivity contribution is 6.35. The molecule has 0 aliphatic heterocycles. The van der Waals surface area contributed by atoms with Crippen LogP contribution < -0.4 is 21.3 Å². The molecule has 2 heterocycles. The molecule has 2 amide bonds. The first-order valence-electron chi connectivity index (χ1n) is 24.3. The van der Waals surface area contributed by atoms with Gasteiger partial charge in [-0.15, -0.1) is 0 Å². The summed E-state index contributed by atoms with van der Waals surface area (Å²) in [6, 6.07) is 44.7. The van der Waals surface area contributed by atoms with Crippen molar-refractivity contribution in [2.24, 2.45) is 0 Å².